The highest BCUT2D eigenvalue weighted by atomic mass is 79.9. The lowest BCUT2D eigenvalue weighted by Gasteiger charge is -2.57. The Hall–Kier alpha value is -1.61. The second-order valence-corrected chi connectivity index (χ2v) is 9.77. The molecule has 0 unspecified atom stereocenters. The summed E-state index contributed by atoms with van der Waals surface area (Å²) < 4.78 is 1.08. The molecule has 0 aliphatic heterocycles. The number of amides is 1. The minimum atomic E-state index is 0.202. The Morgan fingerprint density at radius 2 is 1.56 bits per heavy atom. The topological polar surface area (TPSA) is 20.3 Å². The van der Waals surface area contributed by atoms with E-state index < -0.39 is 0 Å². The molecule has 0 N–H and O–H groups in total. The minimum Gasteiger partial charge on any atom is -0.331 e. The third-order valence-electron chi connectivity index (χ3n) is 7.06. The van der Waals surface area contributed by atoms with E-state index in [0.717, 1.165) is 21.9 Å². The summed E-state index contributed by atoms with van der Waals surface area (Å²) in [6, 6.07) is 18.7. The van der Waals surface area contributed by atoms with E-state index in [9.17, 15) is 4.79 Å². The summed E-state index contributed by atoms with van der Waals surface area (Å²) in [4.78, 5) is 15.8. The molecule has 4 aliphatic carbocycles. The van der Waals surface area contributed by atoms with Crippen molar-refractivity contribution in [2.24, 2.45) is 23.7 Å². The molecular formula is C24H26BrNO. The van der Waals surface area contributed by atoms with Gasteiger partial charge in [0.1, 0.15) is 0 Å². The Bertz CT molecular complexity index is 805. The molecule has 140 valence electrons. The van der Waals surface area contributed by atoms with Crippen molar-refractivity contribution in [2.45, 2.75) is 44.7 Å². The highest BCUT2D eigenvalue weighted by Gasteiger charge is 2.51. The maximum atomic E-state index is 13.6. The number of halogens is 1. The first-order valence-corrected chi connectivity index (χ1v) is 11.1. The lowest BCUT2D eigenvalue weighted by atomic mass is 9.54. The van der Waals surface area contributed by atoms with Gasteiger partial charge in [0, 0.05) is 22.6 Å². The quantitative estimate of drug-likeness (QED) is 0.597. The zero-order valence-corrected chi connectivity index (χ0v) is 17.1. The first-order chi connectivity index (χ1) is 13.2. The SMILES string of the molecule is O=C(c1ccccc1)N(Cc1cccc(Br)c1)C1C2CC3CC(C2)CC1C3. The Balaban J connectivity index is 1.49. The van der Waals surface area contributed by atoms with Crippen LogP contribution in [0.3, 0.4) is 0 Å². The molecule has 0 aromatic heterocycles. The number of benzene rings is 2. The van der Waals surface area contributed by atoms with E-state index in [-0.39, 0.29) is 5.91 Å². The van der Waals surface area contributed by atoms with Crippen LogP contribution < -0.4 is 0 Å². The largest absolute Gasteiger partial charge is 0.331 e. The molecule has 2 aromatic carbocycles. The second kappa shape index (κ2) is 7.09. The van der Waals surface area contributed by atoms with Gasteiger partial charge in [-0.3, -0.25) is 4.79 Å². The molecule has 3 heteroatoms. The highest BCUT2D eigenvalue weighted by molar-refractivity contribution is 9.10. The van der Waals surface area contributed by atoms with E-state index in [2.05, 4.69) is 45.1 Å². The molecule has 2 nitrogen and oxygen atoms in total. The van der Waals surface area contributed by atoms with Crippen molar-refractivity contribution < 1.29 is 4.79 Å². The average Bonchev–Trinajstić information content (AvgIpc) is 2.66. The number of rotatable bonds is 4. The zero-order valence-electron chi connectivity index (χ0n) is 15.6. The van der Waals surface area contributed by atoms with Crippen molar-refractivity contribution in [3.05, 3.63) is 70.2 Å². The van der Waals surface area contributed by atoms with Gasteiger partial charge in [-0.15, -0.1) is 0 Å². The fourth-order valence-electron chi connectivity index (χ4n) is 6.30. The summed E-state index contributed by atoms with van der Waals surface area (Å²) in [5.74, 6) is 3.43. The fourth-order valence-corrected chi connectivity index (χ4v) is 6.74. The van der Waals surface area contributed by atoms with Gasteiger partial charge in [0.15, 0.2) is 0 Å². The molecule has 27 heavy (non-hydrogen) atoms. The van der Waals surface area contributed by atoms with Gasteiger partial charge in [0.25, 0.3) is 5.91 Å². The van der Waals surface area contributed by atoms with E-state index in [1.807, 2.05) is 30.3 Å². The van der Waals surface area contributed by atoms with Crippen LogP contribution in [-0.2, 0) is 6.54 Å². The smallest absolute Gasteiger partial charge is 0.254 e. The standard InChI is InChI=1S/C24H26BrNO/c25-22-8-4-5-16(14-22)15-26(24(27)19-6-2-1-3-7-19)23-20-10-17-9-18(12-20)13-21(23)11-17/h1-8,14,17-18,20-21,23H,9-13,15H2. The van der Waals surface area contributed by atoms with Crippen LogP contribution in [0.25, 0.3) is 0 Å². The van der Waals surface area contributed by atoms with Crippen LogP contribution in [0, 0.1) is 23.7 Å². The van der Waals surface area contributed by atoms with Gasteiger partial charge in [-0.05, 0) is 85.6 Å². The van der Waals surface area contributed by atoms with Crippen molar-refractivity contribution in [1.82, 2.24) is 4.90 Å². The van der Waals surface area contributed by atoms with Crippen molar-refractivity contribution in [3.63, 3.8) is 0 Å². The molecule has 2 aromatic rings. The normalized spacial score (nSPS) is 31.1. The lowest BCUT2D eigenvalue weighted by Crippen LogP contribution is -2.57. The number of hydrogen-bond acceptors (Lipinski definition) is 1. The summed E-state index contributed by atoms with van der Waals surface area (Å²) in [6.45, 7) is 0.708. The third kappa shape index (κ3) is 3.35. The van der Waals surface area contributed by atoms with Crippen molar-refractivity contribution >= 4 is 21.8 Å². The van der Waals surface area contributed by atoms with Crippen molar-refractivity contribution in [3.8, 4) is 0 Å². The van der Waals surface area contributed by atoms with E-state index in [1.165, 1.54) is 37.7 Å². The van der Waals surface area contributed by atoms with Gasteiger partial charge in [0.2, 0.25) is 0 Å². The first kappa shape index (κ1) is 17.5. The van der Waals surface area contributed by atoms with Gasteiger partial charge in [-0.1, -0.05) is 46.3 Å². The average molecular weight is 424 g/mol. The van der Waals surface area contributed by atoms with Crippen molar-refractivity contribution in [1.29, 1.82) is 0 Å². The van der Waals surface area contributed by atoms with Crippen LogP contribution in [-0.4, -0.2) is 16.8 Å². The fraction of sp³-hybridized carbons (Fsp3) is 0.458. The van der Waals surface area contributed by atoms with Crippen LogP contribution >= 0.6 is 15.9 Å². The van der Waals surface area contributed by atoms with Crippen LogP contribution in [0.4, 0.5) is 0 Å². The maximum absolute atomic E-state index is 13.6. The third-order valence-corrected chi connectivity index (χ3v) is 7.55. The molecule has 0 heterocycles. The molecule has 6 rings (SSSR count). The molecular weight excluding hydrogens is 398 g/mol. The first-order valence-electron chi connectivity index (χ1n) is 10.3. The molecule has 0 atom stereocenters. The highest BCUT2D eigenvalue weighted by Crippen LogP contribution is 2.55. The van der Waals surface area contributed by atoms with Gasteiger partial charge in [-0.25, -0.2) is 0 Å². The van der Waals surface area contributed by atoms with Gasteiger partial charge in [-0.2, -0.15) is 0 Å². The minimum absolute atomic E-state index is 0.202. The molecule has 4 fully saturated rings. The number of hydrogen-bond donors (Lipinski definition) is 0. The summed E-state index contributed by atoms with van der Waals surface area (Å²) in [5.41, 5.74) is 2.03. The van der Waals surface area contributed by atoms with E-state index >= 15 is 0 Å². The van der Waals surface area contributed by atoms with Crippen molar-refractivity contribution in [2.75, 3.05) is 0 Å². The molecule has 4 saturated carbocycles. The Labute approximate surface area is 170 Å². The molecule has 1 amide bonds. The predicted molar refractivity (Wildman–Crippen MR) is 111 cm³/mol. The number of carbonyl (C=O) groups excluding carboxylic acids is 1. The summed E-state index contributed by atoms with van der Waals surface area (Å²) in [6.07, 6.45) is 6.75. The summed E-state index contributed by atoms with van der Waals surface area (Å²) in [7, 11) is 0. The van der Waals surface area contributed by atoms with Crippen LogP contribution in [0.15, 0.2) is 59.1 Å². The van der Waals surface area contributed by atoms with E-state index in [0.29, 0.717) is 24.4 Å². The van der Waals surface area contributed by atoms with E-state index in [4.69, 9.17) is 0 Å². The van der Waals surface area contributed by atoms with Crippen LogP contribution in [0.2, 0.25) is 0 Å². The second-order valence-electron chi connectivity index (χ2n) is 8.85. The molecule has 0 radical (unpaired) electrons. The molecule has 4 aliphatic rings. The van der Waals surface area contributed by atoms with Gasteiger partial charge in [0.05, 0.1) is 0 Å². The summed E-state index contributed by atoms with van der Waals surface area (Å²) in [5, 5.41) is 0. The number of nitrogens with zero attached hydrogens (tertiary/aromatic N) is 1. The Morgan fingerprint density at radius 3 is 2.19 bits per heavy atom. The van der Waals surface area contributed by atoms with Gasteiger partial charge >= 0.3 is 0 Å². The van der Waals surface area contributed by atoms with Crippen LogP contribution in [0.5, 0.6) is 0 Å². The Kier molecular flexibility index (Phi) is 4.59. The molecule has 0 spiro atoms. The predicted octanol–water partition coefficient (Wildman–Crippen LogP) is 5.92. The van der Waals surface area contributed by atoms with Crippen LogP contribution in [0.1, 0.15) is 48.0 Å². The molecule has 4 bridgehead atoms. The van der Waals surface area contributed by atoms with Gasteiger partial charge < -0.3 is 4.90 Å². The van der Waals surface area contributed by atoms with E-state index in [1.54, 1.807) is 0 Å². The zero-order chi connectivity index (χ0) is 18.4. The summed E-state index contributed by atoms with van der Waals surface area (Å²) >= 11 is 3.59. The number of carbonyl (C=O) groups is 1. The lowest BCUT2D eigenvalue weighted by molar-refractivity contribution is -0.0579. The molecule has 0 saturated heterocycles. The maximum Gasteiger partial charge on any atom is 0.254 e. The Morgan fingerprint density at radius 1 is 0.889 bits per heavy atom. The monoisotopic (exact) mass is 423 g/mol.